The highest BCUT2D eigenvalue weighted by Gasteiger charge is 2.07. The molecule has 0 atom stereocenters. The van der Waals surface area contributed by atoms with Gasteiger partial charge in [0.2, 0.25) is 0 Å². The van der Waals surface area contributed by atoms with E-state index < -0.39 is 0 Å². The molecule has 0 saturated heterocycles. The van der Waals surface area contributed by atoms with Crippen molar-refractivity contribution in [1.82, 2.24) is 0 Å². The number of benzene rings is 1. The van der Waals surface area contributed by atoms with Gasteiger partial charge in [-0.25, -0.2) is 0 Å². The van der Waals surface area contributed by atoms with Gasteiger partial charge in [0.25, 0.3) is 0 Å². The number of nitrogens with zero attached hydrogens (tertiary/aromatic N) is 1. The summed E-state index contributed by atoms with van der Waals surface area (Å²) >= 11 is 7.49. The minimum Gasteiger partial charge on any atom is -0.397 e. The van der Waals surface area contributed by atoms with Crippen molar-refractivity contribution in [2.45, 2.75) is 6.54 Å². The maximum atomic E-state index is 6.03. The van der Waals surface area contributed by atoms with E-state index in [4.69, 9.17) is 5.73 Å². The molecule has 2 rings (SSSR count). The van der Waals surface area contributed by atoms with E-state index in [1.54, 1.807) is 11.3 Å². The molecule has 0 aliphatic carbocycles. The van der Waals surface area contributed by atoms with Crippen LogP contribution in [0.4, 0.5) is 11.4 Å². The molecular weight excluding hydrogens is 411 g/mol. The van der Waals surface area contributed by atoms with Crippen molar-refractivity contribution < 1.29 is 0 Å². The van der Waals surface area contributed by atoms with Crippen molar-refractivity contribution in [2.75, 3.05) is 17.7 Å². The van der Waals surface area contributed by atoms with Crippen LogP contribution in [0.15, 0.2) is 34.1 Å². The first-order valence-electron chi connectivity index (χ1n) is 5.05. The second-order valence-corrected chi connectivity index (χ2v) is 6.95. The predicted octanol–water partition coefficient (Wildman–Crippen LogP) is 4.33. The fourth-order valence-corrected chi connectivity index (χ4v) is 3.65. The largest absolute Gasteiger partial charge is 0.397 e. The van der Waals surface area contributed by atoms with E-state index in [0.29, 0.717) is 0 Å². The van der Waals surface area contributed by atoms with Crippen LogP contribution >= 0.6 is 49.9 Å². The summed E-state index contributed by atoms with van der Waals surface area (Å²) in [5.74, 6) is 0. The number of anilines is 2. The molecule has 90 valence electrons. The molecule has 5 heteroatoms. The Morgan fingerprint density at radius 3 is 2.76 bits per heavy atom. The summed E-state index contributed by atoms with van der Waals surface area (Å²) in [4.78, 5) is 3.49. The zero-order valence-electron chi connectivity index (χ0n) is 9.28. The van der Waals surface area contributed by atoms with Gasteiger partial charge >= 0.3 is 0 Å². The Balaban J connectivity index is 2.17. The van der Waals surface area contributed by atoms with Gasteiger partial charge in [-0.15, -0.1) is 11.3 Å². The second-order valence-electron chi connectivity index (χ2n) is 3.79. The van der Waals surface area contributed by atoms with E-state index in [9.17, 15) is 0 Å². The molecule has 1 aromatic carbocycles. The SMILES string of the molecule is CN(Cc1cc(Br)cs1)c1ccc(I)cc1N. The summed E-state index contributed by atoms with van der Waals surface area (Å²) in [5, 5.41) is 2.10. The minimum atomic E-state index is 0.829. The lowest BCUT2D eigenvalue weighted by Crippen LogP contribution is -2.17. The molecule has 0 aliphatic rings. The maximum Gasteiger partial charge on any atom is 0.0601 e. The lowest BCUT2D eigenvalue weighted by Gasteiger charge is -2.20. The van der Waals surface area contributed by atoms with Crippen LogP contribution < -0.4 is 10.6 Å². The first-order chi connectivity index (χ1) is 8.06. The normalized spacial score (nSPS) is 10.5. The van der Waals surface area contributed by atoms with Crippen LogP contribution in [0.1, 0.15) is 4.88 Å². The summed E-state index contributed by atoms with van der Waals surface area (Å²) in [6, 6.07) is 8.29. The lowest BCUT2D eigenvalue weighted by molar-refractivity contribution is 0.941. The molecule has 0 bridgehead atoms. The predicted molar refractivity (Wildman–Crippen MR) is 87.7 cm³/mol. The minimum absolute atomic E-state index is 0.829. The zero-order chi connectivity index (χ0) is 12.4. The average Bonchev–Trinajstić information content (AvgIpc) is 2.63. The molecule has 0 unspecified atom stereocenters. The fraction of sp³-hybridized carbons (Fsp3) is 0.167. The first kappa shape index (κ1) is 13.2. The van der Waals surface area contributed by atoms with Crippen molar-refractivity contribution in [3.05, 3.63) is 42.6 Å². The monoisotopic (exact) mass is 422 g/mol. The van der Waals surface area contributed by atoms with Crippen LogP contribution in [-0.2, 0) is 6.54 Å². The van der Waals surface area contributed by atoms with Gasteiger partial charge in [0.1, 0.15) is 0 Å². The third-order valence-electron chi connectivity index (χ3n) is 2.42. The lowest BCUT2D eigenvalue weighted by atomic mass is 10.2. The smallest absolute Gasteiger partial charge is 0.0601 e. The molecule has 0 fully saturated rings. The van der Waals surface area contributed by atoms with Gasteiger partial charge in [-0.05, 0) is 62.8 Å². The van der Waals surface area contributed by atoms with Crippen LogP contribution in [0.2, 0.25) is 0 Å². The van der Waals surface area contributed by atoms with Crippen molar-refractivity contribution in [2.24, 2.45) is 0 Å². The number of thiophene rings is 1. The van der Waals surface area contributed by atoms with E-state index in [1.807, 2.05) is 6.07 Å². The number of rotatable bonds is 3. The maximum absolute atomic E-state index is 6.03. The Morgan fingerprint density at radius 2 is 2.18 bits per heavy atom. The van der Waals surface area contributed by atoms with E-state index in [0.717, 1.165) is 26.0 Å². The van der Waals surface area contributed by atoms with Gasteiger partial charge in [0.05, 0.1) is 17.9 Å². The highest BCUT2D eigenvalue weighted by atomic mass is 127. The fourth-order valence-electron chi connectivity index (χ4n) is 1.63. The van der Waals surface area contributed by atoms with Crippen LogP contribution in [0.5, 0.6) is 0 Å². The van der Waals surface area contributed by atoms with Gasteiger partial charge in [-0.1, -0.05) is 0 Å². The molecule has 2 aromatic rings. The Labute approximate surface area is 127 Å². The number of hydrogen-bond donors (Lipinski definition) is 1. The molecule has 17 heavy (non-hydrogen) atoms. The van der Waals surface area contributed by atoms with Crippen molar-refractivity contribution >= 4 is 61.2 Å². The van der Waals surface area contributed by atoms with Crippen LogP contribution in [0.3, 0.4) is 0 Å². The van der Waals surface area contributed by atoms with Crippen LogP contribution in [-0.4, -0.2) is 7.05 Å². The van der Waals surface area contributed by atoms with E-state index in [2.05, 4.69) is 74.0 Å². The van der Waals surface area contributed by atoms with Gasteiger partial charge in [0, 0.05) is 25.3 Å². The third-order valence-corrected chi connectivity index (χ3v) is 4.77. The van der Waals surface area contributed by atoms with Gasteiger partial charge in [-0.2, -0.15) is 0 Å². The van der Waals surface area contributed by atoms with E-state index >= 15 is 0 Å². The topological polar surface area (TPSA) is 29.3 Å². The highest BCUT2D eigenvalue weighted by Crippen LogP contribution is 2.27. The first-order valence-corrected chi connectivity index (χ1v) is 7.80. The van der Waals surface area contributed by atoms with Crippen molar-refractivity contribution in [3.63, 3.8) is 0 Å². The Morgan fingerprint density at radius 1 is 1.41 bits per heavy atom. The molecule has 1 aromatic heterocycles. The molecule has 0 saturated carbocycles. The Bertz CT molecular complexity index is 527. The van der Waals surface area contributed by atoms with E-state index in [1.165, 1.54) is 4.88 Å². The summed E-state index contributed by atoms with van der Waals surface area (Å²) in [6.45, 7) is 0.876. The highest BCUT2D eigenvalue weighted by molar-refractivity contribution is 14.1. The molecule has 0 spiro atoms. The van der Waals surface area contributed by atoms with Crippen LogP contribution in [0, 0.1) is 3.57 Å². The number of nitrogens with two attached hydrogens (primary N) is 1. The summed E-state index contributed by atoms with van der Waals surface area (Å²) in [6.07, 6.45) is 0. The Kier molecular flexibility index (Phi) is 4.32. The molecular formula is C12H12BrIN2S. The number of hydrogen-bond acceptors (Lipinski definition) is 3. The molecule has 0 radical (unpaired) electrons. The average molecular weight is 423 g/mol. The zero-order valence-corrected chi connectivity index (χ0v) is 13.8. The molecule has 2 nitrogen and oxygen atoms in total. The summed E-state index contributed by atoms with van der Waals surface area (Å²) < 4.78 is 2.30. The third kappa shape index (κ3) is 3.35. The van der Waals surface area contributed by atoms with Gasteiger partial charge in [0.15, 0.2) is 0 Å². The standard InChI is InChI=1S/C12H12BrIN2S/c1-16(6-10-4-8(13)7-17-10)12-3-2-9(14)5-11(12)15/h2-5,7H,6,15H2,1H3. The summed E-state index contributed by atoms with van der Waals surface area (Å²) in [5.41, 5.74) is 7.94. The Hall–Kier alpha value is -0.270. The van der Waals surface area contributed by atoms with E-state index in [-0.39, 0.29) is 0 Å². The number of halogens is 2. The van der Waals surface area contributed by atoms with Gasteiger partial charge in [-0.3, -0.25) is 0 Å². The summed E-state index contributed by atoms with van der Waals surface area (Å²) in [7, 11) is 2.06. The quantitative estimate of drug-likeness (QED) is 0.589. The molecule has 2 N–H and O–H groups in total. The van der Waals surface area contributed by atoms with Crippen LogP contribution in [0.25, 0.3) is 0 Å². The second kappa shape index (κ2) is 5.58. The molecule has 1 heterocycles. The van der Waals surface area contributed by atoms with Crippen molar-refractivity contribution in [3.8, 4) is 0 Å². The number of nitrogen functional groups attached to an aromatic ring is 1. The van der Waals surface area contributed by atoms with Gasteiger partial charge < -0.3 is 10.6 Å². The van der Waals surface area contributed by atoms with Crippen molar-refractivity contribution in [1.29, 1.82) is 0 Å². The molecule has 0 amide bonds. The molecule has 0 aliphatic heterocycles.